The van der Waals surface area contributed by atoms with Gasteiger partial charge in [-0.25, -0.2) is 28.1 Å². The zero-order chi connectivity index (χ0) is 15.3. The molecule has 2 aromatic heterocycles. The SMILES string of the molecule is CCCNc1ncc(S(=O)(=O)NCc2nccn2C)cn1. The highest BCUT2D eigenvalue weighted by Crippen LogP contribution is 2.08. The molecule has 0 unspecified atom stereocenters. The first-order chi connectivity index (χ1) is 10.0. The van der Waals surface area contributed by atoms with Gasteiger partial charge in [0.15, 0.2) is 0 Å². The number of rotatable bonds is 7. The molecule has 0 aliphatic carbocycles. The van der Waals surface area contributed by atoms with E-state index in [1.54, 1.807) is 24.0 Å². The third-order valence-electron chi connectivity index (χ3n) is 2.81. The van der Waals surface area contributed by atoms with E-state index < -0.39 is 10.0 Å². The van der Waals surface area contributed by atoms with Gasteiger partial charge in [-0.05, 0) is 6.42 Å². The summed E-state index contributed by atoms with van der Waals surface area (Å²) in [7, 11) is -1.85. The van der Waals surface area contributed by atoms with Crippen LogP contribution in [-0.2, 0) is 23.6 Å². The highest BCUT2D eigenvalue weighted by Gasteiger charge is 2.15. The second-order valence-electron chi connectivity index (χ2n) is 4.45. The van der Waals surface area contributed by atoms with E-state index in [2.05, 4.69) is 25.0 Å². The van der Waals surface area contributed by atoms with Crippen LogP contribution in [0.1, 0.15) is 19.2 Å². The lowest BCUT2D eigenvalue weighted by Gasteiger charge is -2.07. The standard InChI is InChI=1S/C12H18N6O2S/c1-3-4-14-12-15-7-10(8-16-12)21(19,20)17-9-11-13-5-6-18(11)2/h5-8,17H,3-4,9H2,1-2H3,(H,14,15,16). The molecule has 0 aliphatic heterocycles. The van der Waals surface area contributed by atoms with Crippen molar-refractivity contribution in [2.75, 3.05) is 11.9 Å². The minimum atomic E-state index is -3.65. The topological polar surface area (TPSA) is 102 Å². The van der Waals surface area contributed by atoms with Crippen molar-refractivity contribution in [2.24, 2.45) is 7.05 Å². The molecule has 0 atom stereocenters. The fourth-order valence-corrected chi connectivity index (χ4v) is 2.46. The summed E-state index contributed by atoms with van der Waals surface area (Å²) in [5.41, 5.74) is 0. The number of nitrogens with one attached hydrogen (secondary N) is 2. The monoisotopic (exact) mass is 310 g/mol. The van der Waals surface area contributed by atoms with Crippen LogP contribution in [0, 0.1) is 0 Å². The molecular formula is C12H18N6O2S. The van der Waals surface area contributed by atoms with Gasteiger partial charge in [-0.15, -0.1) is 0 Å². The first-order valence-electron chi connectivity index (χ1n) is 6.54. The smallest absolute Gasteiger partial charge is 0.244 e. The summed E-state index contributed by atoms with van der Waals surface area (Å²) < 4.78 is 28.4. The molecule has 0 amide bonds. The van der Waals surface area contributed by atoms with Gasteiger partial charge in [0.1, 0.15) is 10.7 Å². The van der Waals surface area contributed by atoms with Gasteiger partial charge in [0.2, 0.25) is 16.0 Å². The number of anilines is 1. The molecule has 0 bridgehead atoms. The zero-order valence-electron chi connectivity index (χ0n) is 11.9. The second kappa shape index (κ2) is 6.64. The maximum Gasteiger partial charge on any atom is 0.244 e. The van der Waals surface area contributed by atoms with Gasteiger partial charge >= 0.3 is 0 Å². The van der Waals surface area contributed by atoms with Crippen molar-refractivity contribution in [2.45, 2.75) is 24.8 Å². The minimum absolute atomic E-state index is 0.0266. The molecule has 2 heterocycles. The van der Waals surface area contributed by atoms with Crippen LogP contribution in [0.5, 0.6) is 0 Å². The van der Waals surface area contributed by atoms with Gasteiger partial charge in [-0.3, -0.25) is 0 Å². The fraction of sp³-hybridized carbons (Fsp3) is 0.417. The third kappa shape index (κ3) is 3.99. The van der Waals surface area contributed by atoms with Crippen LogP contribution in [0.4, 0.5) is 5.95 Å². The first kappa shape index (κ1) is 15.4. The van der Waals surface area contributed by atoms with Gasteiger partial charge in [0.05, 0.1) is 18.9 Å². The molecule has 21 heavy (non-hydrogen) atoms. The first-order valence-corrected chi connectivity index (χ1v) is 8.03. The Morgan fingerprint density at radius 2 is 1.95 bits per heavy atom. The Bertz CT molecular complexity index is 680. The van der Waals surface area contributed by atoms with Crippen LogP contribution < -0.4 is 10.0 Å². The van der Waals surface area contributed by atoms with E-state index in [0.29, 0.717) is 11.8 Å². The van der Waals surface area contributed by atoms with Crippen molar-refractivity contribution < 1.29 is 8.42 Å². The zero-order valence-corrected chi connectivity index (χ0v) is 12.8. The minimum Gasteiger partial charge on any atom is -0.354 e. The quantitative estimate of drug-likeness (QED) is 0.772. The predicted molar refractivity (Wildman–Crippen MR) is 78.0 cm³/mol. The van der Waals surface area contributed by atoms with Crippen LogP contribution in [-0.4, -0.2) is 34.5 Å². The van der Waals surface area contributed by atoms with Crippen molar-refractivity contribution in [1.29, 1.82) is 0 Å². The molecule has 0 saturated carbocycles. The number of hydrogen-bond donors (Lipinski definition) is 2. The van der Waals surface area contributed by atoms with Crippen LogP contribution >= 0.6 is 0 Å². The predicted octanol–water partition coefficient (Wildman–Crippen LogP) is 0.510. The lowest BCUT2D eigenvalue weighted by molar-refractivity contribution is 0.576. The molecule has 2 N–H and O–H groups in total. The molecule has 9 heteroatoms. The molecule has 2 aromatic rings. The van der Waals surface area contributed by atoms with E-state index in [4.69, 9.17) is 0 Å². The van der Waals surface area contributed by atoms with Crippen molar-refractivity contribution in [3.8, 4) is 0 Å². The lowest BCUT2D eigenvalue weighted by atomic mass is 10.5. The van der Waals surface area contributed by atoms with Crippen molar-refractivity contribution >= 4 is 16.0 Å². The average molecular weight is 310 g/mol. The van der Waals surface area contributed by atoms with Gasteiger partial charge in [0, 0.05) is 26.0 Å². The van der Waals surface area contributed by atoms with Crippen LogP contribution in [0.15, 0.2) is 29.7 Å². The Morgan fingerprint density at radius 1 is 1.24 bits per heavy atom. The maximum absolute atomic E-state index is 12.1. The van der Waals surface area contributed by atoms with Crippen LogP contribution in [0.3, 0.4) is 0 Å². The second-order valence-corrected chi connectivity index (χ2v) is 6.22. The van der Waals surface area contributed by atoms with Crippen LogP contribution in [0.2, 0.25) is 0 Å². The van der Waals surface area contributed by atoms with Gasteiger partial charge < -0.3 is 9.88 Å². The normalized spacial score (nSPS) is 11.5. The Hall–Kier alpha value is -2.00. The number of hydrogen-bond acceptors (Lipinski definition) is 6. The summed E-state index contributed by atoms with van der Waals surface area (Å²) in [5, 5.41) is 2.98. The van der Waals surface area contributed by atoms with Gasteiger partial charge in [-0.2, -0.15) is 0 Å². The highest BCUT2D eigenvalue weighted by atomic mass is 32.2. The molecular weight excluding hydrogens is 292 g/mol. The Kier molecular flexibility index (Phi) is 4.86. The summed E-state index contributed by atoms with van der Waals surface area (Å²) >= 11 is 0. The Morgan fingerprint density at radius 3 is 2.52 bits per heavy atom. The summed E-state index contributed by atoms with van der Waals surface area (Å²) in [5.74, 6) is 1.04. The van der Waals surface area contributed by atoms with E-state index in [-0.39, 0.29) is 11.4 Å². The molecule has 0 aliphatic rings. The molecule has 2 rings (SSSR count). The van der Waals surface area contributed by atoms with Crippen LogP contribution in [0.25, 0.3) is 0 Å². The van der Waals surface area contributed by atoms with E-state index in [0.717, 1.165) is 13.0 Å². The molecule has 8 nitrogen and oxygen atoms in total. The number of nitrogens with zero attached hydrogens (tertiary/aromatic N) is 4. The summed E-state index contributed by atoms with van der Waals surface area (Å²) in [4.78, 5) is 12.0. The summed E-state index contributed by atoms with van der Waals surface area (Å²) in [6.45, 7) is 2.87. The Labute approximate surface area is 123 Å². The molecule has 0 radical (unpaired) electrons. The highest BCUT2D eigenvalue weighted by molar-refractivity contribution is 7.89. The summed E-state index contributed by atoms with van der Waals surface area (Å²) in [6, 6.07) is 0. The van der Waals surface area contributed by atoms with E-state index in [1.165, 1.54) is 12.4 Å². The van der Waals surface area contributed by atoms with E-state index in [1.807, 2.05) is 6.92 Å². The number of aromatic nitrogens is 4. The Balaban J connectivity index is 2.03. The summed E-state index contributed by atoms with van der Waals surface area (Å²) in [6.07, 6.45) is 6.87. The van der Waals surface area contributed by atoms with Crippen molar-refractivity contribution in [3.05, 3.63) is 30.6 Å². The average Bonchev–Trinajstić information content (AvgIpc) is 2.89. The number of sulfonamides is 1. The van der Waals surface area contributed by atoms with Gasteiger partial charge in [0.25, 0.3) is 0 Å². The number of aryl methyl sites for hydroxylation is 1. The maximum atomic E-state index is 12.1. The van der Waals surface area contributed by atoms with E-state index in [9.17, 15) is 8.42 Å². The number of imidazole rings is 1. The largest absolute Gasteiger partial charge is 0.354 e. The molecule has 114 valence electrons. The van der Waals surface area contributed by atoms with Crippen molar-refractivity contribution in [3.63, 3.8) is 0 Å². The lowest BCUT2D eigenvalue weighted by Crippen LogP contribution is -2.25. The third-order valence-corrected chi connectivity index (χ3v) is 4.17. The molecule has 0 aromatic carbocycles. The molecule has 0 saturated heterocycles. The molecule has 0 spiro atoms. The van der Waals surface area contributed by atoms with Crippen molar-refractivity contribution in [1.82, 2.24) is 24.2 Å². The fourth-order valence-electron chi connectivity index (χ4n) is 1.59. The molecule has 0 fully saturated rings. The van der Waals surface area contributed by atoms with E-state index >= 15 is 0 Å². The van der Waals surface area contributed by atoms with Gasteiger partial charge in [-0.1, -0.05) is 6.92 Å².